The van der Waals surface area contributed by atoms with Crippen molar-refractivity contribution in [1.82, 2.24) is 9.80 Å². The number of amides is 2. The van der Waals surface area contributed by atoms with E-state index < -0.39 is 0 Å². The Balaban J connectivity index is 1.74. The summed E-state index contributed by atoms with van der Waals surface area (Å²) in [5.74, 6) is -0.00711. The summed E-state index contributed by atoms with van der Waals surface area (Å²) in [6.07, 6.45) is 0.802. The van der Waals surface area contributed by atoms with E-state index in [0.29, 0.717) is 12.8 Å². The highest BCUT2D eigenvalue weighted by Gasteiger charge is 2.38. The van der Waals surface area contributed by atoms with Crippen molar-refractivity contribution in [1.29, 1.82) is 0 Å². The van der Waals surface area contributed by atoms with Gasteiger partial charge in [0.2, 0.25) is 11.8 Å². The molecule has 1 saturated heterocycles. The van der Waals surface area contributed by atoms with Crippen LogP contribution in [-0.2, 0) is 16.0 Å². The van der Waals surface area contributed by atoms with Crippen molar-refractivity contribution in [2.75, 3.05) is 13.6 Å². The summed E-state index contributed by atoms with van der Waals surface area (Å²) in [7, 11) is 1.75. The quantitative estimate of drug-likeness (QED) is 0.871. The highest BCUT2D eigenvalue weighted by molar-refractivity contribution is 5.88. The van der Waals surface area contributed by atoms with E-state index in [2.05, 4.69) is 0 Å². The number of carbonyl (C=O) groups excluding carboxylic acids is 2. The zero-order valence-corrected chi connectivity index (χ0v) is 13.2. The maximum Gasteiger partial charge on any atom is 0.243 e. The molecular formula is C19H20N2O2. The molecule has 1 atom stereocenters. The van der Waals surface area contributed by atoms with Gasteiger partial charge in [-0.2, -0.15) is 0 Å². The maximum absolute atomic E-state index is 12.6. The van der Waals surface area contributed by atoms with E-state index >= 15 is 0 Å². The van der Waals surface area contributed by atoms with Crippen molar-refractivity contribution >= 4 is 11.8 Å². The predicted molar refractivity (Wildman–Crippen MR) is 88.4 cm³/mol. The molecule has 0 spiro atoms. The summed E-state index contributed by atoms with van der Waals surface area (Å²) in [5.41, 5.74) is 2.10. The fourth-order valence-corrected chi connectivity index (χ4v) is 2.98. The number of carbonyl (C=O) groups is 2. The van der Waals surface area contributed by atoms with Gasteiger partial charge in [-0.1, -0.05) is 60.7 Å². The Morgan fingerprint density at radius 2 is 1.65 bits per heavy atom. The number of benzene rings is 2. The molecule has 1 fully saturated rings. The Hall–Kier alpha value is -2.62. The van der Waals surface area contributed by atoms with Gasteiger partial charge in [0, 0.05) is 13.5 Å². The van der Waals surface area contributed by atoms with Crippen molar-refractivity contribution in [3.8, 4) is 0 Å². The van der Waals surface area contributed by atoms with Gasteiger partial charge in [-0.25, -0.2) is 0 Å². The molecule has 118 valence electrons. The van der Waals surface area contributed by atoms with Crippen molar-refractivity contribution in [3.63, 3.8) is 0 Å². The molecule has 23 heavy (non-hydrogen) atoms. The second-order valence-corrected chi connectivity index (χ2v) is 5.80. The SMILES string of the molecule is CN1C(=O)CN(C(=O)CCc2ccccc2)C1c1ccccc1. The monoisotopic (exact) mass is 308 g/mol. The molecule has 0 N–H and O–H groups in total. The van der Waals surface area contributed by atoms with E-state index in [9.17, 15) is 9.59 Å². The summed E-state index contributed by atoms with van der Waals surface area (Å²) in [6, 6.07) is 19.6. The highest BCUT2D eigenvalue weighted by Crippen LogP contribution is 2.29. The van der Waals surface area contributed by atoms with Crippen molar-refractivity contribution < 1.29 is 9.59 Å². The van der Waals surface area contributed by atoms with Gasteiger partial charge in [-0.05, 0) is 17.5 Å². The van der Waals surface area contributed by atoms with E-state index in [1.165, 1.54) is 0 Å². The van der Waals surface area contributed by atoms with Crippen LogP contribution >= 0.6 is 0 Å². The Kier molecular flexibility index (Phi) is 4.42. The largest absolute Gasteiger partial charge is 0.320 e. The molecule has 2 amide bonds. The van der Waals surface area contributed by atoms with Crippen LogP contribution in [0.25, 0.3) is 0 Å². The third-order valence-electron chi connectivity index (χ3n) is 4.25. The van der Waals surface area contributed by atoms with Gasteiger partial charge in [0.15, 0.2) is 0 Å². The summed E-state index contributed by atoms with van der Waals surface area (Å²) in [5, 5.41) is 0. The fraction of sp³-hybridized carbons (Fsp3) is 0.263. The third kappa shape index (κ3) is 3.26. The second-order valence-electron chi connectivity index (χ2n) is 5.80. The van der Waals surface area contributed by atoms with E-state index in [4.69, 9.17) is 0 Å². The number of aryl methyl sites for hydroxylation is 1. The number of hydrogen-bond donors (Lipinski definition) is 0. The Bertz CT molecular complexity index is 685. The first-order valence-electron chi connectivity index (χ1n) is 7.81. The van der Waals surface area contributed by atoms with Gasteiger partial charge in [0.1, 0.15) is 12.7 Å². The summed E-state index contributed by atoms with van der Waals surface area (Å²) in [4.78, 5) is 28.0. The van der Waals surface area contributed by atoms with Crippen LogP contribution in [0.1, 0.15) is 23.7 Å². The molecule has 1 unspecified atom stereocenters. The minimum atomic E-state index is -0.299. The molecule has 0 aliphatic carbocycles. The molecule has 0 radical (unpaired) electrons. The van der Waals surface area contributed by atoms with Gasteiger partial charge < -0.3 is 9.80 Å². The Morgan fingerprint density at radius 1 is 1.04 bits per heavy atom. The summed E-state index contributed by atoms with van der Waals surface area (Å²) in [6.45, 7) is 0.156. The van der Waals surface area contributed by atoms with Crippen molar-refractivity contribution in [2.24, 2.45) is 0 Å². The van der Waals surface area contributed by atoms with Gasteiger partial charge in [0.25, 0.3) is 0 Å². The minimum absolute atomic E-state index is 0.0143. The van der Waals surface area contributed by atoms with Gasteiger partial charge in [-0.15, -0.1) is 0 Å². The fourth-order valence-electron chi connectivity index (χ4n) is 2.98. The average Bonchev–Trinajstić information content (AvgIpc) is 2.90. The molecule has 1 aliphatic heterocycles. The molecule has 4 heteroatoms. The molecule has 0 bridgehead atoms. The van der Waals surface area contributed by atoms with Crippen LogP contribution in [0.2, 0.25) is 0 Å². The number of hydrogen-bond acceptors (Lipinski definition) is 2. The molecular weight excluding hydrogens is 288 g/mol. The van der Waals surface area contributed by atoms with Gasteiger partial charge in [-0.3, -0.25) is 9.59 Å². The number of nitrogens with zero attached hydrogens (tertiary/aromatic N) is 2. The molecule has 1 aliphatic rings. The number of likely N-dealkylation sites (N-methyl/N-ethyl adjacent to an activating group) is 1. The van der Waals surface area contributed by atoms with Crippen LogP contribution in [0.15, 0.2) is 60.7 Å². The lowest BCUT2D eigenvalue weighted by Gasteiger charge is -2.28. The topological polar surface area (TPSA) is 40.6 Å². The van der Waals surface area contributed by atoms with Crippen LogP contribution in [0, 0.1) is 0 Å². The molecule has 0 saturated carbocycles. The standard InChI is InChI=1S/C19H20N2O2/c1-20-18(23)14-21(19(20)16-10-6-3-7-11-16)17(22)13-12-15-8-4-2-5-9-15/h2-11,19H,12-14H2,1H3. The lowest BCUT2D eigenvalue weighted by molar-refractivity contribution is -0.133. The molecule has 4 nitrogen and oxygen atoms in total. The van der Waals surface area contributed by atoms with Crippen LogP contribution < -0.4 is 0 Å². The lowest BCUT2D eigenvalue weighted by atomic mass is 10.1. The summed E-state index contributed by atoms with van der Waals surface area (Å²) < 4.78 is 0. The van der Waals surface area contributed by atoms with Crippen LogP contribution in [0.4, 0.5) is 0 Å². The van der Waals surface area contributed by atoms with Gasteiger partial charge in [0.05, 0.1) is 0 Å². The summed E-state index contributed by atoms with van der Waals surface area (Å²) >= 11 is 0. The van der Waals surface area contributed by atoms with Crippen LogP contribution in [0.3, 0.4) is 0 Å². The Morgan fingerprint density at radius 3 is 2.30 bits per heavy atom. The molecule has 1 heterocycles. The van der Waals surface area contributed by atoms with Crippen LogP contribution in [0.5, 0.6) is 0 Å². The predicted octanol–water partition coefficient (Wildman–Crippen LogP) is 2.62. The normalized spacial score (nSPS) is 17.6. The molecule has 2 aromatic carbocycles. The zero-order chi connectivity index (χ0) is 16.2. The molecule has 2 aromatic rings. The van der Waals surface area contributed by atoms with Crippen molar-refractivity contribution in [2.45, 2.75) is 19.0 Å². The van der Waals surface area contributed by atoms with Crippen LogP contribution in [-0.4, -0.2) is 35.2 Å². The molecule has 0 aromatic heterocycles. The maximum atomic E-state index is 12.6. The smallest absolute Gasteiger partial charge is 0.243 e. The first-order chi connectivity index (χ1) is 11.2. The lowest BCUT2D eigenvalue weighted by Crippen LogP contribution is -2.34. The zero-order valence-electron chi connectivity index (χ0n) is 13.2. The highest BCUT2D eigenvalue weighted by atomic mass is 16.2. The van der Waals surface area contributed by atoms with Crippen molar-refractivity contribution in [3.05, 3.63) is 71.8 Å². The number of rotatable bonds is 4. The average molecular weight is 308 g/mol. The first-order valence-corrected chi connectivity index (χ1v) is 7.81. The minimum Gasteiger partial charge on any atom is -0.320 e. The van der Waals surface area contributed by atoms with E-state index in [1.54, 1.807) is 16.8 Å². The van der Waals surface area contributed by atoms with E-state index in [0.717, 1.165) is 11.1 Å². The molecule has 3 rings (SSSR count). The van der Waals surface area contributed by atoms with E-state index in [-0.39, 0.29) is 24.5 Å². The van der Waals surface area contributed by atoms with E-state index in [1.807, 2.05) is 60.7 Å². The van der Waals surface area contributed by atoms with Gasteiger partial charge >= 0.3 is 0 Å². The third-order valence-corrected chi connectivity index (χ3v) is 4.25. The first kappa shape index (κ1) is 15.3. The Labute approximate surface area is 136 Å². The second kappa shape index (κ2) is 6.65.